The second-order valence-corrected chi connectivity index (χ2v) is 7.25. The molecule has 108 valence electrons. The highest BCUT2D eigenvalue weighted by molar-refractivity contribution is 5.83. The van der Waals surface area contributed by atoms with Gasteiger partial charge in [-0.3, -0.25) is 4.79 Å². The second-order valence-electron chi connectivity index (χ2n) is 7.25. The minimum Gasteiger partial charge on any atom is -0.336 e. The first kappa shape index (κ1) is 13.4. The van der Waals surface area contributed by atoms with Gasteiger partial charge in [0.1, 0.15) is 0 Å². The Morgan fingerprint density at radius 1 is 1.21 bits per heavy atom. The average molecular weight is 264 g/mol. The number of nitrogens with one attached hydrogen (secondary N) is 1. The van der Waals surface area contributed by atoms with E-state index in [-0.39, 0.29) is 11.6 Å². The molecule has 3 aliphatic rings. The first-order valence-electron chi connectivity index (χ1n) is 8.06. The van der Waals surface area contributed by atoms with E-state index in [9.17, 15) is 4.79 Å². The third-order valence-electron chi connectivity index (χ3n) is 6.35. The second kappa shape index (κ2) is 4.76. The summed E-state index contributed by atoms with van der Waals surface area (Å²) in [7, 11) is 1.94. The van der Waals surface area contributed by atoms with Crippen LogP contribution in [-0.4, -0.2) is 36.0 Å². The number of hydrogen-bond donors (Lipinski definition) is 1. The molecule has 1 saturated heterocycles. The molecule has 3 atom stereocenters. The average Bonchev–Trinajstić information content (AvgIpc) is 2.97. The number of likely N-dealkylation sites (N-methyl/N-ethyl adjacent to an activating group) is 1. The highest BCUT2D eigenvalue weighted by atomic mass is 16.2. The maximum absolute atomic E-state index is 13.0. The molecule has 3 nitrogen and oxygen atoms in total. The summed E-state index contributed by atoms with van der Waals surface area (Å²) in [5.74, 6) is 2.35. The largest absolute Gasteiger partial charge is 0.336 e. The van der Waals surface area contributed by atoms with E-state index < -0.39 is 0 Å². The molecule has 3 unspecified atom stereocenters. The van der Waals surface area contributed by atoms with Crippen molar-refractivity contribution in [3.05, 3.63) is 0 Å². The lowest BCUT2D eigenvalue weighted by atomic mass is 9.87. The fourth-order valence-corrected chi connectivity index (χ4v) is 4.83. The molecular weight excluding hydrogens is 236 g/mol. The SMILES string of the molecule is CNC1C(=O)N(C23CCC(CC2)C3)CCC(C)C1C. The fraction of sp³-hybridized carbons (Fsp3) is 0.938. The van der Waals surface area contributed by atoms with Gasteiger partial charge in [0, 0.05) is 12.1 Å². The molecule has 0 aromatic rings. The van der Waals surface area contributed by atoms with Crippen molar-refractivity contribution in [3.63, 3.8) is 0 Å². The van der Waals surface area contributed by atoms with Crippen molar-refractivity contribution < 1.29 is 4.79 Å². The highest BCUT2D eigenvalue weighted by Gasteiger charge is 2.52. The Hall–Kier alpha value is -0.570. The monoisotopic (exact) mass is 264 g/mol. The van der Waals surface area contributed by atoms with Gasteiger partial charge in [-0.1, -0.05) is 13.8 Å². The van der Waals surface area contributed by atoms with Gasteiger partial charge in [-0.25, -0.2) is 0 Å². The number of likely N-dealkylation sites (tertiary alicyclic amines) is 1. The molecule has 3 fully saturated rings. The molecule has 2 aliphatic carbocycles. The van der Waals surface area contributed by atoms with Crippen LogP contribution < -0.4 is 5.32 Å². The summed E-state index contributed by atoms with van der Waals surface area (Å²) in [4.78, 5) is 15.3. The lowest BCUT2D eigenvalue weighted by Crippen LogP contribution is -2.55. The van der Waals surface area contributed by atoms with Crippen LogP contribution in [0.4, 0.5) is 0 Å². The van der Waals surface area contributed by atoms with Crippen molar-refractivity contribution in [2.45, 2.75) is 64.0 Å². The van der Waals surface area contributed by atoms with Gasteiger partial charge >= 0.3 is 0 Å². The number of hydrogen-bond acceptors (Lipinski definition) is 2. The van der Waals surface area contributed by atoms with Crippen LogP contribution in [0.15, 0.2) is 0 Å². The predicted octanol–water partition coefficient (Wildman–Crippen LogP) is 2.41. The number of fused-ring (bicyclic) bond motifs is 2. The van der Waals surface area contributed by atoms with Crippen molar-refractivity contribution in [2.75, 3.05) is 13.6 Å². The zero-order chi connectivity index (χ0) is 13.6. The Labute approximate surface area is 117 Å². The molecule has 0 aromatic heterocycles. The molecule has 1 N–H and O–H groups in total. The van der Waals surface area contributed by atoms with Gasteiger partial charge < -0.3 is 10.2 Å². The molecule has 0 spiro atoms. The molecule has 19 heavy (non-hydrogen) atoms. The van der Waals surface area contributed by atoms with Crippen LogP contribution in [0.2, 0.25) is 0 Å². The van der Waals surface area contributed by atoms with Gasteiger partial charge in [0.05, 0.1) is 6.04 Å². The van der Waals surface area contributed by atoms with Crippen molar-refractivity contribution >= 4 is 5.91 Å². The molecule has 1 heterocycles. The Bertz CT molecular complexity index is 360. The first-order valence-corrected chi connectivity index (χ1v) is 8.06. The molecule has 2 bridgehead atoms. The van der Waals surface area contributed by atoms with Crippen molar-refractivity contribution in [2.24, 2.45) is 17.8 Å². The number of rotatable bonds is 2. The third kappa shape index (κ3) is 2.01. The number of carbonyl (C=O) groups excluding carboxylic acids is 1. The number of carbonyl (C=O) groups is 1. The Balaban J connectivity index is 1.87. The fourth-order valence-electron chi connectivity index (χ4n) is 4.83. The van der Waals surface area contributed by atoms with E-state index in [2.05, 4.69) is 24.1 Å². The van der Waals surface area contributed by atoms with Gasteiger partial charge in [-0.2, -0.15) is 0 Å². The van der Waals surface area contributed by atoms with Crippen LogP contribution >= 0.6 is 0 Å². The quantitative estimate of drug-likeness (QED) is 0.830. The Morgan fingerprint density at radius 3 is 2.42 bits per heavy atom. The molecule has 2 saturated carbocycles. The topological polar surface area (TPSA) is 32.3 Å². The summed E-state index contributed by atoms with van der Waals surface area (Å²) in [6, 6.07) is 0.0199. The van der Waals surface area contributed by atoms with Crippen molar-refractivity contribution in [3.8, 4) is 0 Å². The van der Waals surface area contributed by atoms with Crippen LogP contribution in [0.3, 0.4) is 0 Å². The lowest BCUT2D eigenvalue weighted by molar-refractivity contribution is -0.139. The normalized spacial score (nSPS) is 46.7. The minimum absolute atomic E-state index is 0.0199. The minimum atomic E-state index is 0.0199. The van der Waals surface area contributed by atoms with Gasteiger partial charge in [-0.15, -0.1) is 0 Å². The van der Waals surface area contributed by atoms with Gasteiger partial charge in [0.2, 0.25) is 5.91 Å². The first-order chi connectivity index (χ1) is 9.07. The van der Waals surface area contributed by atoms with E-state index in [1.807, 2.05) is 7.05 Å². The molecule has 0 radical (unpaired) electrons. The number of amides is 1. The maximum Gasteiger partial charge on any atom is 0.240 e. The van der Waals surface area contributed by atoms with Gasteiger partial charge in [0.15, 0.2) is 0 Å². The lowest BCUT2D eigenvalue weighted by Gasteiger charge is -2.41. The molecule has 3 heteroatoms. The van der Waals surface area contributed by atoms with E-state index in [4.69, 9.17) is 0 Å². The number of nitrogens with zero attached hydrogens (tertiary/aromatic N) is 1. The molecule has 1 aliphatic heterocycles. The van der Waals surface area contributed by atoms with Gasteiger partial charge in [-0.05, 0) is 63.3 Å². The van der Waals surface area contributed by atoms with Crippen molar-refractivity contribution in [1.82, 2.24) is 10.2 Å². The van der Waals surface area contributed by atoms with Crippen molar-refractivity contribution in [1.29, 1.82) is 0 Å². The van der Waals surface area contributed by atoms with E-state index in [1.165, 1.54) is 32.1 Å². The molecule has 3 rings (SSSR count). The Morgan fingerprint density at radius 2 is 1.89 bits per heavy atom. The van der Waals surface area contributed by atoms with Crippen LogP contribution in [0.25, 0.3) is 0 Å². The summed E-state index contributed by atoms with van der Waals surface area (Å²) in [6.07, 6.45) is 7.64. The van der Waals surface area contributed by atoms with Gasteiger partial charge in [0.25, 0.3) is 0 Å². The predicted molar refractivity (Wildman–Crippen MR) is 76.8 cm³/mol. The molecule has 1 amide bonds. The van der Waals surface area contributed by atoms with Crippen LogP contribution in [0.1, 0.15) is 52.4 Å². The smallest absolute Gasteiger partial charge is 0.240 e. The Kier molecular flexibility index (Phi) is 3.36. The standard InChI is InChI=1S/C16H28N2O/c1-11-6-9-18(15(19)14(17-3)12(11)2)16-7-4-13(10-16)5-8-16/h11-14,17H,4-10H2,1-3H3. The molecular formula is C16H28N2O. The zero-order valence-electron chi connectivity index (χ0n) is 12.6. The summed E-state index contributed by atoms with van der Waals surface area (Å²) >= 11 is 0. The maximum atomic E-state index is 13.0. The van der Waals surface area contributed by atoms with E-state index in [0.29, 0.717) is 17.7 Å². The van der Waals surface area contributed by atoms with Crippen LogP contribution in [0, 0.1) is 17.8 Å². The molecule has 0 aromatic carbocycles. The summed E-state index contributed by atoms with van der Waals surface area (Å²) < 4.78 is 0. The van der Waals surface area contributed by atoms with Crippen LogP contribution in [0.5, 0.6) is 0 Å². The third-order valence-corrected chi connectivity index (χ3v) is 6.35. The van der Waals surface area contributed by atoms with E-state index >= 15 is 0 Å². The summed E-state index contributed by atoms with van der Waals surface area (Å²) in [6.45, 7) is 5.52. The van der Waals surface area contributed by atoms with E-state index in [1.54, 1.807) is 0 Å². The zero-order valence-corrected chi connectivity index (χ0v) is 12.6. The highest BCUT2D eigenvalue weighted by Crippen LogP contribution is 2.52. The summed E-state index contributed by atoms with van der Waals surface area (Å²) in [5, 5.41) is 3.29. The van der Waals surface area contributed by atoms with E-state index in [0.717, 1.165) is 18.9 Å². The summed E-state index contributed by atoms with van der Waals surface area (Å²) in [5.41, 5.74) is 0.237. The van der Waals surface area contributed by atoms with Crippen LogP contribution in [-0.2, 0) is 4.79 Å².